The lowest BCUT2D eigenvalue weighted by Crippen LogP contribution is -2.01. The van der Waals surface area contributed by atoms with E-state index in [1.54, 1.807) is 12.1 Å². The monoisotopic (exact) mass is 288 g/mol. The molecule has 0 fully saturated rings. The predicted molar refractivity (Wildman–Crippen MR) is 71.9 cm³/mol. The van der Waals surface area contributed by atoms with Gasteiger partial charge < -0.3 is 5.11 Å². The molecule has 0 aliphatic rings. The molecule has 0 aromatic heterocycles. The highest BCUT2D eigenvalue weighted by Crippen LogP contribution is 2.26. The average Bonchev–Trinajstić information content (AvgIpc) is 2.26. The van der Waals surface area contributed by atoms with Crippen molar-refractivity contribution in [1.82, 2.24) is 0 Å². The van der Waals surface area contributed by atoms with Crippen molar-refractivity contribution in [3.63, 3.8) is 0 Å². The summed E-state index contributed by atoms with van der Waals surface area (Å²) in [5.74, 6) is -0.812. The van der Waals surface area contributed by atoms with E-state index in [2.05, 4.69) is 0 Å². The lowest BCUT2D eigenvalue weighted by Gasteiger charge is -2.08. The first kappa shape index (κ1) is 15.0. The molecule has 0 heterocycles. The molecule has 18 heavy (non-hydrogen) atoms. The van der Waals surface area contributed by atoms with Gasteiger partial charge in [-0.05, 0) is 36.8 Å². The Hall–Kier alpha value is -1.01. The molecule has 1 rings (SSSR count). The second-order valence-electron chi connectivity index (χ2n) is 4.00. The van der Waals surface area contributed by atoms with Crippen LogP contribution in [0.4, 0.5) is 0 Å². The molecule has 1 aromatic carbocycles. The van der Waals surface area contributed by atoms with Crippen LogP contribution in [0.3, 0.4) is 0 Å². The van der Waals surface area contributed by atoms with Gasteiger partial charge in [0.2, 0.25) is 0 Å². The minimum Gasteiger partial charge on any atom is -0.481 e. The molecule has 0 saturated carbocycles. The number of thioether (sulfide) groups is 1. The number of rotatable bonds is 6. The van der Waals surface area contributed by atoms with E-state index in [0.717, 1.165) is 5.56 Å². The van der Waals surface area contributed by atoms with Crippen LogP contribution in [0, 0.1) is 0 Å². The van der Waals surface area contributed by atoms with Gasteiger partial charge in [0, 0.05) is 17.6 Å². The first-order chi connectivity index (χ1) is 8.34. The zero-order valence-corrected chi connectivity index (χ0v) is 12.0. The summed E-state index contributed by atoms with van der Waals surface area (Å²) in [4.78, 5) is 11.5. The fraction of sp³-hybridized carbons (Fsp3) is 0.417. The molecule has 0 atom stereocenters. The van der Waals surface area contributed by atoms with E-state index in [4.69, 9.17) is 5.11 Å². The van der Waals surface area contributed by atoms with Gasteiger partial charge in [0.25, 0.3) is 0 Å². The zero-order valence-electron chi connectivity index (χ0n) is 10.3. The van der Waals surface area contributed by atoms with Gasteiger partial charge in [0.1, 0.15) is 0 Å². The van der Waals surface area contributed by atoms with Crippen LogP contribution >= 0.6 is 11.8 Å². The van der Waals surface area contributed by atoms with Crippen LogP contribution in [-0.2, 0) is 21.1 Å². The highest BCUT2D eigenvalue weighted by Gasteiger charge is 2.13. The Morgan fingerprint density at radius 3 is 2.56 bits per heavy atom. The number of hydrogen-bond acceptors (Lipinski definition) is 4. The summed E-state index contributed by atoms with van der Waals surface area (Å²) in [5, 5.41) is 8.56. The number of sulfone groups is 1. The molecule has 1 N–H and O–H groups in total. The Balaban J connectivity index is 2.89. The van der Waals surface area contributed by atoms with Gasteiger partial charge in [0.15, 0.2) is 9.84 Å². The van der Waals surface area contributed by atoms with Crippen molar-refractivity contribution < 1.29 is 18.3 Å². The number of aliphatic carboxylic acids is 1. The van der Waals surface area contributed by atoms with E-state index in [1.807, 2.05) is 12.3 Å². The van der Waals surface area contributed by atoms with E-state index < -0.39 is 15.8 Å². The first-order valence-corrected chi connectivity index (χ1v) is 8.55. The van der Waals surface area contributed by atoms with Crippen LogP contribution in [0.2, 0.25) is 0 Å². The first-order valence-electron chi connectivity index (χ1n) is 5.43. The van der Waals surface area contributed by atoms with Crippen molar-refractivity contribution in [2.24, 2.45) is 0 Å². The summed E-state index contributed by atoms with van der Waals surface area (Å²) < 4.78 is 23.1. The quantitative estimate of drug-likeness (QED) is 0.813. The summed E-state index contributed by atoms with van der Waals surface area (Å²) in [6.45, 7) is 0. The van der Waals surface area contributed by atoms with E-state index in [1.165, 1.54) is 18.0 Å². The molecule has 0 aliphatic carbocycles. The molecule has 1 aromatic rings. The minimum absolute atomic E-state index is 0.127. The maximum absolute atomic E-state index is 11.5. The maximum Gasteiger partial charge on any atom is 0.303 e. The van der Waals surface area contributed by atoms with Crippen LogP contribution in [0.25, 0.3) is 0 Å². The minimum atomic E-state index is -3.21. The standard InChI is InChI=1S/C12H16O4S2/c1-17-10-8-9(4-3-5-12(13)14)6-7-11(10)18(2,15)16/h6-8H,3-5H2,1-2H3,(H,13,14). The van der Waals surface area contributed by atoms with Gasteiger partial charge in [-0.15, -0.1) is 11.8 Å². The van der Waals surface area contributed by atoms with Gasteiger partial charge in [-0.1, -0.05) is 6.07 Å². The number of carboxylic acid groups (broad SMARTS) is 1. The summed E-state index contributed by atoms with van der Waals surface area (Å²) in [6.07, 6.45) is 4.34. The second kappa shape index (κ2) is 6.24. The second-order valence-corrected chi connectivity index (χ2v) is 6.84. The van der Waals surface area contributed by atoms with Crippen molar-refractivity contribution in [1.29, 1.82) is 0 Å². The highest BCUT2D eigenvalue weighted by atomic mass is 32.2. The lowest BCUT2D eigenvalue weighted by molar-refractivity contribution is -0.137. The number of benzene rings is 1. The Labute approximate surface area is 111 Å². The Morgan fingerprint density at radius 1 is 1.39 bits per heavy atom. The van der Waals surface area contributed by atoms with Gasteiger partial charge in [-0.25, -0.2) is 8.42 Å². The Morgan fingerprint density at radius 2 is 2.06 bits per heavy atom. The summed E-state index contributed by atoms with van der Waals surface area (Å²) in [5.41, 5.74) is 0.966. The van der Waals surface area contributed by atoms with Gasteiger partial charge in [-0.3, -0.25) is 4.79 Å². The summed E-state index contributed by atoms with van der Waals surface area (Å²) >= 11 is 1.38. The van der Waals surface area contributed by atoms with Crippen molar-refractivity contribution in [2.75, 3.05) is 12.5 Å². The van der Waals surface area contributed by atoms with E-state index in [9.17, 15) is 13.2 Å². The smallest absolute Gasteiger partial charge is 0.303 e. The molecule has 6 heteroatoms. The molecule has 0 radical (unpaired) electrons. The molecule has 100 valence electrons. The molecule has 0 saturated heterocycles. The van der Waals surface area contributed by atoms with Crippen molar-refractivity contribution >= 4 is 27.6 Å². The third-order valence-electron chi connectivity index (χ3n) is 2.48. The normalized spacial score (nSPS) is 11.4. The number of aryl methyl sites for hydroxylation is 1. The van der Waals surface area contributed by atoms with Crippen LogP contribution in [0.5, 0.6) is 0 Å². The van der Waals surface area contributed by atoms with Gasteiger partial charge in [-0.2, -0.15) is 0 Å². The molecule has 0 spiro atoms. The number of carbonyl (C=O) groups is 1. The summed E-state index contributed by atoms with van der Waals surface area (Å²) in [6, 6.07) is 5.16. The maximum atomic E-state index is 11.5. The number of carboxylic acids is 1. The zero-order chi connectivity index (χ0) is 13.8. The molecule has 0 bridgehead atoms. The Bertz CT molecular complexity index is 535. The van der Waals surface area contributed by atoms with Crippen molar-refractivity contribution in [3.8, 4) is 0 Å². The Kier molecular flexibility index (Phi) is 5.22. The fourth-order valence-corrected chi connectivity index (χ4v) is 3.60. The van der Waals surface area contributed by atoms with Crippen LogP contribution in [-0.4, -0.2) is 32.0 Å². The largest absolute Gasteiger partial charge is 0.481 e. The molecule has 0 aliphatic heterocycles. The highest BCUT2D eigenvalue weighted by molar-refractivity contribution is 7.99. The summed E-state index contributed by atoms with van der Waals surface area (Å²) in [7, 11) is -3.21. The predicted octanol–water partition coefficient (Wildman–Crippen LogP) is 2.22. The van der Waals surface area contributed by atoms with Gasteiger partial charge in [0.05, 0.1) is 4.90 Å². The third-order valence-corrected chi connectivity index (χ3v) is 4.55. The van der Waals surface area contributed by atoms with E-state index >= 15 is 0 Å². The van der Waals surface area contributed by atoms with E-state index in [0.29, 0.717) is 22.6 Å². The fourth-order valence-electron chi connectivity index (χ4n) is 1.62. The SMILES string of the molecule is CSc1cc(CCCC(=O)O)ccc1S(C)(=O)=O. The van der Waals surface area contributed by atoms with Crippen LogP contribution in [0.1, 0.15) is 18.4 Å². The molecular weight excluding hydrogens is 272 g/mol. The van der Waals surface area contributed by atoms with E-state index in [-0.39, 0.29) is 6.42 Å². The van der Waals surface area contributed by atoms with Gasteiger partial charge >= 0.3 is 5.97 Å². The van der Waals surface area contributed by atoms with Crippen molar-refractivity contribution in [3.05, 3.63) is 23.8 Å². The third kappa shape index (κ3) is 4.34. The van der Waals surface area contributed by atoms with Crippen LogP contribution in [0.15, 0.2) is 28.0 Å². The molecular formula is C12H16O4S2. The lowest BCUT2D eigenvalue weighted by atomic mass is 10.1. The number of hydrogen-bond donors (Lipinski definition) is 1. The molecule has 0 unspecified atom stereocenters. The molecule has 4 nitrogen and oxygen atoms in total. The molecule has 0 amide bonds. The average molecular weight is 288 g/mol. The topological polar surface area (TPSA) is 71.4 Å². The van der Waals surface area contributed by atoms with Crippen LogP contribution < -0.4 is 0 Å². The van der Waals surface area contributed by atoms with Crippen molar-refractivity contribution in [2.45, 2.75) is 29.1 Å².